The molecule has 2 N–H and O–H groups in total. The summed E-state index contributed by atoms with van der Waals surface area (Å²) < 4.78 is 0. The van der Waals surface area contributed by atoms with E-state index in [2.05, 4.69) is 51.6 Å². The molecule has 0 aromatic heterocycles. The van der Waals surface area contributed by atoms with Gasteiger partial charge in [0.25, 0.3) is 0 Å². The average Bonchev–Trinajstić information content (AvgIpc) is 3.12. The molecule has 2 aliphatic rings. The fraction of sp³-hybridized carbons (Fsp3) is 0.667. The van der Waals surface area contributed by atoms with Crippen molar-refractivity contribution >= 4 is 5.91 Å². The molecule has 0 saturated carbocycles. The maximum Gasteiger partial charge on any atom is 0.237 e. The van der Waals surface area contributed by atoms with Crippen molar-refractivity contribution < 1.29 is 4.79 Å². The Morgan fingerprint density at radius 2 is 1.92 bits per heavy atom. The summed E-state index contributed by atoms with van der Waals surface area (Å²) >= 11 is 0. The van der Waals surface area contributed by atoms with Gasteiger partial charge in [0.15, 0.2) is 0 Å². The number of likely N-dealkylation sites (tertiary alicyclic amines) is 2. The van der Waals surface area contributed by atoms with Gasteiger partial charge < -0.3 is 15.5 Å². The third-order valence-electron chi connectivity index (χ3n) is 5.89. The van der Waals surface area contributed by atoms with Crippen LogP contribution >= 0.6 is 0 Å². The molecule has 2 aliphatic heterocycles. The van der Waals surface area contributed by atoms with E-state index in [-0.39, 0.29) is 11.9 Å². The van der Waals surface area contributed by atoms with Crippen molar-refractivity contribution in [1.82, 2.24) is 20.4 Å². The van der Waals surface area contributed by atoms with Crippen LogP contribution < -0.4 is 10.6 Å². The lowest BCUT2D eigenvalue weighted by Gasteiger charge is -2.38. The highest BCUT2D eigenvalue weighted by Gasteiger charge is 2.40. The first kappa shape index (κ1) is 19.3. The molecule has 2 saturated heterocycles. The molecule has 3 rings (SSSR count). The fourth-order valence-corrected chi connectivity index (χ4v) is 4.49. The maximum absolute atomic E-state index is 12.5. The number of hydrogen-bond acceptors (Lipinski definition) is 4. The quantitative estimate of drug-likeness (QED) is 0.781. The molecule has 26 heavy (non-hydrogen) atoms. The van der Waals surface area contributed by atoms with E-state index in [1.807, 2.05) is 6.07 Å². The Morgan fingerprint density at radius 1 is 1.19 bits per heavy atom. The first-order valence-electron chi connectivity index (χ1n) is 10.2. The van der Waals surface area contributed by atoms with Gasteiger partial charge in [-0.1, -0.05) is 37.3 Å². The zero-order valence-corrected chi connectivity index (χ0v) is 16.3. The van der Waals surface area contributed by atoms with Gasteiger partial charge in [0.05, 0.1) is 6.04 Å². The molecule has 1 aromatic rings. The Morgan fingerprint density at radius 3 is 2.58 bits per heavy atom. The Hall–Kier alpha value is -1.43. The molecule has 2 heterocycles. The molecule has 2 fully saturated rings. The van der Waals surface area contributed by atoms with Crippen LogP contribution in [0.4, 0.5) is 0 Å². The van der Waals surface area contributed by atoms with Gasteiger partial charge in [0, 0.05) is 32.2 Å². The number of rotatable bonds is 7. The Labute approximate surface area is 158 Å². The summed E-state index contributed by atoms with van der Waals surface area (Å²) in [5.41, 5.74) is 1.30. The second-order valence-electron chi connectivity index (χ2n) is 7.70. The monoisotopic (exact) mass is 358 g/mol. The van der Waals surface area contributed by atoms with Crippen molar-refractivity contribution in [3.63, 3.8) is 0 Å². The van der Waals surface area contributed by atoms with Crippen molar-refractivity contribution in [2.45, 2.75) is 57.3 Å². The van der Waals surface area contributed by atoms with Crippen molar-refractivity contribution in [2.75, 3.05) is 33.2 Å². The second-order valence-corrected chi connectivity index (χ2v) is 7.70. The zero-order valence-electron chi connectivity index (χ0n) is 16.3. The molecular weight excluding hydrogens is 324 g/mol. The number of carbonyl (C=O) groups excluding carboxylic acids is 1. The van der Waals surface area contributed by atoms with Crippen molar-refractivity contribution in [3.8, 4) is 0 Å². The van der Waals surface area contributed by atoms with Crippen LogP contribution in [-0.2, 0) is 11.3 Å². The van der Waals surface area contributed by atoms with Gasteiger partial charge in [-0.05, 0) is 50.9 Å². The van der Waals surface area contributed by atoms with Crippen LogP contribution in [0, 0.1) is 0 Å². The smallest absolute Gasteiger partial charge is 0.237 e. The summed E-state index contributed by atoms with van der Waals surface area (Å²) in [5, 5.41) is 6.55. The van der Waals surface area contributed by atoms with Gasteiger partial charge in [-0.25, -0.2) is 0 Å². The standard InChI is InChI=1S/C21H34N4O/c1-3-11-24-12-9-19(10-13-24)25-16-18(14-20(25)21(26)22-2)23-15-17-7-5-4-6-8-17/h4-8,18-20,23H,3,9-16H2,1-2H3,(H,22,26)/t18-,20+/m1/s1. The maximum atomic E-state index is 12.5. The highest BCUT2D eigenvalue weighted by molar-refractivity contribution is 5.82. The number of nitrogens with zero attached hydrogens (tertiary/aromatic N) is 2. The molecule has 5 heteroatoms. The van der Waals surface area contributed by atoms with E-state index < -0.39 is 0 Å². The summed E-state index contributed by atoms with van der Waals surface area (Å²) in [5.74, 6) is 0.171. The molecule has 144 valence electrons. The Kier molecular flexibility index (Phi) is 7.06. The Balaban J connectivity index is 1.57. The molecule has 0 aliphatic carbocycles. The molecule has 2 atom stereocenters. The number of nitrogens with one attached hydrogen (secondary N) is 2. The van der Waals surface area contributed by atoms with E-state index in [4.69, 9.17) is 0 Å². The highest BCUT2D eigenvalue weighted by Crippen LogP contribution is 2.27. The molecule has 0 radical (unpaired) electrons. The minimum atomic E-state index is 0.0102. The molecule has 1 amide bonds. The highest BCUT2D eigenvalue weighted by atomic mass is 16.2. The topological polar surface area (TPSA) is 47.6 Å². The second kappa shape index (κ2) is 9.49. The molecular formula is C21H34N4O. The van der Waals surface area contributed by atoms with Crippen LogP contribution in [0.5, 0.6) is 0 Å². The SMILES string of the molecule is CCCN1CCC(N2C[C@H](NCc3ccccc3)C[C@H]2C(=O)NC)CC1. The van der Waals surface area contributed by atoms with E-state index >= 15 is 0 Å². The van der Waals surface area contributed by atoms with Gasteiger partial charge in [-0.3, -0.25) is 9.69 Å². The number of benzene rings is 1. The summed E-state index contributed by atoms with van der Waals surface area (Å²) in [7, 11) is 1.76. The molecule has 1 aromatic carbocycles. The lowest BCUT2D eigenvalue weighted by Crippen LogP contribution is -2.51. The number of carbonyl (C=O) groups is 1. The van der Waals surface area contributed by atoms with E-state index in [9.17, 15) is 4.79 Å². The summed E-state index contributed by atoms with van der Waals surface area (Å²) in [6, 6.07) is 11.4. The summed E-state index contributed by atoms with van der Waals surface area (Å²) in [6.07, 6.45) is 4.49. The van der Waals surface area contributed by atoms with E-state index in [1.165, 1.54) is 31.4 Å². The first-order valence-corrected chi connectivity index (χ1v) is 10.2. The van der Waals surface area contributed by atoms with Gasteiger partial charge in [-0.2, -0.15) is 0 Å². The summed E-state index contributed by atoms with van der Waals surface area (Å²) in [6.45, 7) is 7.62. The number of likely N-dealkylation sites (N-methyl/N-ethyl adjacent to an activating group) is 1. The summed E-state index contributed by atoms with van der Waals surface area (Å²) in [4.78, 5) is 17.5. The molecule has 0 unspecified atom stereocenters. The van der Waals surface area contributed by atoms with Crippen molar-refractivity contribution in [1.29, 1.82) is 0 Å². The van der Waals surface area contributed by atoms with E-state index in [0.717, 1.165) is 32.6 Å². The minimum absolute atomic E-state index is 0.0102. The van der Waals surface area contributed by atoms with Crippen LogP contribution in [0.3, 0.4) is 0 Å². The number of hydrogen-bond donors (Lipinski definition) is 2. The van der Waals surface area contributed by atoms with Crippen LogP contribution in [-0.4, -0.2) is 67.1 Å². The van der Waals surface area contributed by atoms with E-state index in [1.54, 1.807) is 7.05 Å². The van der Waals surface area contributed by atoms with Crippen molar-refractivity contribution in [3.05, 3.63) is 35.9 Å². The van der Waals surface area contributed by atoms with Gasteiger partial charge in [0.2, 0.25) is 5.91 Å². The van der Waals surface area contributed by atoms with Gasteiger partial charge in [-0.15, -0.1) is 0 Å². The van der Waals surface area contributed by atoms with Crippen LogP contribution in [0.1, 0.15) is 38.2 Å². The molecule has 0 spiro atoms. The van der Waals surface area contributed by atoms with E-state index in [0.29, 0.717) is 12.1 Å². The fourth-order valence-electron chi connectivity index (χ4n) is 4.49. The lowest BCUT2D eigenvalue weighted by molar-refractivity contribution is -0.126. The van der Waals surface area contributed by atoms with Crippen LogP contribution in [0.15, 0.2) is 30.3 Å². The Bertz CT molecular complexity index is 556. The predicted octanol–water partition coefficient (Wildman–Crippen LogP) is 1.84. The average molecular weight is 359 g/mol. The van der Waals surface area contributed by atoms with Crippen LogP contribution in [0.2, 0.25) is 0 Å². The first-order chi connectivity index (χ1) is 12.7. The zero-order chi connectivity index (χ0) is 18.4. The van der Waals surface area contributed by atoms with Crippen LogP contribution in [0.25, 0.3) is 0 Å². The number of piperidine rings is 1. The van der Waals surface area contributed by atoms with Gasteiger partial charge >= 0.3 is 0 Å². The molecule has 0 bridgehead atoms. The number of amides is 1. The predicted molar refractivity (Wildman–Crippen MR) is 106 cm³/mol. The minimum Gasteiger partial charge on any atom is -0.358 e. The largest absolute Gasteiger partial charge is 0.358 e. The third kappa shape index (κ3) is 4.84. The van der Waals surface area contributed by atoms with Gasteiger partial charge in [0.1, 0.15) is 0 Å². The normalized spacial score (nSPS) is 25.5. The molecule has 5 nitrogen and oxygen atoms in total. The third-order valence-corrected chi connectivity index (χ3v) is 5.89. The van der Waals surface area contributed by atoms with Crippen molar-refractivity contribution in [2.24, 2.45) is 0 Å². The lowest BCUT2D eigenvalue weighted by atomic mass is 10.0.